The van der Waals surface area contributed by atoms with Gasteiger partial charge in [0.05, 0.1) is 0 Å². The number of carbonyl (C=O) groups is 1. The van der Waals surface area contributed by atoms with Crippen LogP contribution in [0.3, 0.4) is 0 Å². The van der Waals surface area contributed by atoms with Crippen molar-refractivity contribution in [2.75, 3.05) is 30.3 Å². The van der Waals surface area contributed by atoms with E-state index in [1.165, 1.54) is 0 Å². The zero-order valence-corrected chi connectivity index (χ0v) is 11.2. The Kier molecular flexibility index (Phi) is 4.16. The third-order valence-corrected chi connectivity index (χ3v) is 3.01. The van der Waals surface area contributed by atoms with Gasteiger partial charge in [0.1, 0.15) is 24.3 Å². The first kappa shape index (κ1) is 13.5. The number of carbonyl (C=O) groups excluding carboxylic acids is 1. The average Bonchev–Trinajstić information content (AvgIpc) is 2.39. The van der Waals surface area contributed by atoms with Gasteiger partial charge in [-0.2, -0.15) is 0 Å². The van der Waals surface area contributed by atoms with Crippen molar-refractivity contribution in [1.82, 2.24) is 15.3 Å². The van der Waals surface area contributed by atoms with Crippen molar-refractivity contribution in [1.29, 1.82) is 0 Å². The monoisotopic (exact) mass is 265 g/mol. The van der Waals surface area contributed by atoms with Crippen molar-refractivity contribution in [3.05, 3.63) is 11.9 Å². The average molecular weight is 265 g/mol. The molecule has 1 fully saturated rings. The molecule has 19 heavy (non-hydrogen) atoms. The number of amides is 1. The van der Waals surface area contributed by atoms with Gasteiger partial charge in [0, 0.05) is 25.8 Å². The predicted octanol–water partition coefficient (Wildman–Crippen LogP) is -0.0800. The highest BCUT2D eigenvalue weighted by Gasteiger charge is 2.26. The Labute approximate surface area is 112 Å². The fourth-order valence-corrected chi connectivity index (χ4v) is 2.00. The molecule has 1 amide bonds. The Morgan fingerprint density at radius 1 is 1.58 bits per heavy atom. The van der Waals surface area contributed by atoms with Crippen LogP contribution < -0.4 is 16.0 Å². The molecule has 7 heteroatoms. The largest absolute Gasteiger partial charge is 0.384 e. The van der Waals surface area contributed by atoms with Crippen LogP contribution in [-0.4, -0.2) is 41.6 Å². The number of nitrogen functional groups attached to an aromatic ring is 1. The van der Waals surface area contributed by atoms with E-state index in [0.717, 1.165) is 0 Å². The fourth-order valence-electron chi connectivity index (χ4n) is 2.00. The minimum atomic E-state index is -0.261. The van der Waals surface area contributed by atoms with Crippen LogP contribution in [0, 0.1) is 0 Å². The molecule has 2 heterocycles. The lowest BCUT2D eigenvalue weighted by molar-refractivity contribution is -0.122. The van der Waals surface area contributed by atoms with Gasteiger partial charge >= 0.3 is 0 Å². The van der Waals surface area contributed by atoms with E-state index >= 15 is 0 Å². The maximum atomic E-state index is 11.7. The molecule has 1 unspecified atom stereocenters. The van der Waals surface area contributed by atoms with E-state index in [1.54, 1.807) is 6.07 Å². The summed E-state index contributed by atoms with van der Waals surface area (Å²) in [7, 11) is 0. The summed E-state index contributed by atoms with van der Waals surface area (Å²) >= 11 is 0. The van der Waals surface area contributed by atoms with E-state index in [-0.39, 0.29) is 11.9 Å². The van der Waals surface area contributed by atoms with E-state index < -0.39 is 0 Å². The van der Waals surface area contributed by atoms with Crippen molar-refractivity contribution in [3.63, 3.8) is 0 Å². The van der Waals surface area contributed by atoms with Crippen LogP contribution in [-0.2, 0) is 16.1 Å². The van der Waals surface area contributed by atoms with Crippen molar-refractivity contribution in [2.45, 2.75) is 26.5 Å². The number of piperazine rings is 1. The molecule has 2 rings (SSSR count). The normalized spacial score (nSPS) is 19.4. The first-order chi connectivity index (χ1) is 9.11. The molecule has 1 aliphatic heterocycles. The van der Waals surface area contributed by atoms with E-state index in [4.69, 9.17) is 10.5 Å². The van der Waals surface area contributed by atoms with Crippen LogP contribution in [0.25, 0.3) is 0 Å². The fraction of sp³-hybridized carbons (Fsp3) is 0.583. The minimum absolute atomic E-state index is 0.00482. The lowest BCUT2D eigenvalue weighted by Gasteiger charge is -2.33. The number of hydrogen-bond donors (Lipinski definition) is 2. The summed E-state index contributed by atoms with van der Waals surface area (Å²) in [4.78, 5) is 22.1. The van der Waals surface area contributed by atoms with Crippen molar-refractivity contribution < 1.29 is 9.53 Å². The highest BCUT2D eigenvalue weighted by Crippen LogP contribution is 2.18. The molecular weight excluding hydrogens is 246 g/mol. The maximum Gasteiger partial charge on any atom is 0.242 e. The second kappa shape index (κ2) is 5.83. The van der Waals surface area contributed by atoms with Gasteiger partial charge in [-0.3, -0.25) is 4.79 Å². The summed E-state index contributed by atoms with van der Waals surface area (Å²) in [6.45, 7) is 5.98. The first-order valence-corrected chi connectivity index (χ1v) is 6.37. The molecule has 0 aromatic carbocycles. The molecular formula is C12H19N5O2. The molecule has 0 spiro atoms. The SMILES string of the molecule is CCOCc1nc(N)cc(N2CCNC(=O)C2C)n1. The second-order valence-corrected chi connectivity index (χ2v) is 4.36. The molecule has 1 aliphatic rings. The highest BCUT2D eigenvalue weighted by molar-refractivity contribution is 5.85. The Morgan fingerprint density at radius 2 is 2.37 bits per heavy atom. The second-order valence-electron chi connectivity index (χ2n) is 4.36. The van der Waals surface area contributed by atoms with E-state index in [0.29, 0.717) is 43.8 Å². The van der Waals surface area contributed by atoms with Gasteiger partial charge in [0.15, 0.2) is 5.82 Å². The number of nitrogens with one attached hydrogen (secondary N) is 1. The number of anilines is 2. The zero-order valence-electron chi connectivity index (χ0n) is 11.2. The molecule has 0 bridgehead atoms. The van der Waals surface area contributed by atoms with Gasteiger partial charge < -0.3 is 20.7 Å². The van der Waals surface area contributed by atoms with Crippen molar-refractivity contribution in [2.24, 2.45) is 0 Å². The molecule has 1 atom stereocenters. The summed E-state index contributed by atoms with van der Waals surface area (Å²) in [5.74, 6) is 1.59. The molecule has 7 nitrogen and oxygen atoms in total. The molecule has 104 valence electrons. The third kappa shape index (κ3) is 3.11. The summed E-state index contributed by atoms with van der Waals surface area (Å²) in [5.41, 5.74) is 5.78. The quantitative estimate of drug-likeness (QED) is 0.791. The van der Waals surface area contributed by atoms with E-state index in [1.807, 2.05) is 18.7 Å². The van der Waals surface area contributed by atoms with E-state index in [2.05, 4.69) is 15.3 Å². The molecule has 0 saturated carbocycles. The lowest BCUT2D eigenvalue weighted by atomic mass is 10.2. The van der Waals surface area contributed by atoms with Crippen molar-refractivity contribution >= 4 is 17.5 Å². The van der Waals surface area contributed by atoms with Crippen LogP contribution in [0.4, 0.5) is 11.6 Å². The smallest absolute Gasteiger partial charge is 0.242 e. The number of aromatic nitrogens is 2. The molecule has 0 aliphatic carbocycles. The van der Waals surface area contributed by atoms with Crippen LogP contribution in [0.1, 0.15) is 19.7 Å². The van der Waals surface area contributed by atoms with Gasteiger partial charge in [-0.1, -0.05) is 0 Å². The Morgan fingerprint density at radius 3 is 3.11 bits per heavy atom. The number of hydrogen-bond acceptors (Lipinski definition) is 6. The minimum Gasteiger partial charge on any atom is -0.384 e. The zero-order chi connectivity index (χ0) is 13.8. The van der Waals surface area contributed by atoms with Crippen LogP contribution >= 0.6 is 0 Å². The van der Waals surface area contributed by atoms with Crippen LogP contribution in [0.2, 0.25) is 0 Å². The molecule has 3 N–H and O–H groups in total. The van der Waals surface area contributed by atoms with Gasteiger partial charge in [0.25, 0.3) is 0 Å². The van der Waals surface area contributed by atoms with Crippen LogP contribution in [0.15, 0.2) is 6.07 Å². The summed E-state index contributed by atoms with van der Waals surface area (Å²) in [6, 6.07) is 1.42. The third-order valence-electron chi connectivity index (χ3n) is 3.01. The predicted molar refractivity (Wildman–Crippen MR) is 71.6 cm³/mol. The maximum absolute atomic E-state index is 11.7. The summed E-state index contributed by atoms with van der Waals surface area (Å²) < 4.78 is 5.29. The van der Waals surface area contributed by atoms with Crippen LogP contribution in [0.5, 0.6) is 0 Å². The molecule has 1 aromatic heterocycles. The van der Waals surface area contributed by atoms with Gasteiger partial charge in [-0.05, 0) is 13.8 Å². The lowest BCUT2D eigenvalue weighted by Crippen LogP contribution is -2.54. The van der Waals surface area contributed by atoms with E-state index in [9.17, 15) is 4.79 Å². The van der Waals surface area contributed by atoms with Gasteiger partial charge in [-0.25, -0.2) is 9.97 Å². The summed E-state index contributed by atoms with van der Waals surface area (Å²) in [6.07, 6.45) is 0. The molecule has 1 aromatic rings. The van der Waals surface area contributed by atoms with Gasteiger partial charge in [0.2, 0.25) is 5.91 Å². The topological polar surface area (TPSA) is 93.4 Å². The Balaban J connectivity index is 2.23. The first-order valence-electron chi connectivity index (χ1n) is 6.37. The highest BCUT2D eigenvalue weighted by atomic mass is 16.5. The molecule has 1 saturated heterocycles. The van der Waals surface area contributed by atoms with Crippen molar-refractivity contribution in [3.8, 4) is 0 Å². The number of rotatable bonds is 4. The standard InChI is InChI=1S/C12H19N5O2/c1-3-19-7-10-15-9(13)6-11(16-10)17-5-4-14-12(18)8(17)2/h6,8H,3-5,7H2,1-2H3,(H,14,18)(H2,13,15,16). The summed E-state index contributed by atoms with van der Waals surface area (Å²) in [5, 5.41) is 2.82. The Hall–Kier alpha value is -1.89. The number of ether oxygens (including phenoxy) is 1. The number of nitrogens with two attached hydrogens (primary N) is 1. The van der Waals surface area contributed by atoms with Gasteiger partial charge in [-0.15, -0.1) is 0 Å². The number of nitrogens with zero attached hydrogens (tertiary/aromatic N) is 3. The Bertz CT molecular complexity index is 465. The molecule has 0 radical (unpaired) electrons.